The number of Topliss-reactive ketones (excluding diaryl/α,β-unsaturated/α-hetero) is 1. The molecule has 1 saturated carbocycles. The second-order valence-corrected chi connectivity index (χ2v) is 11.6. The topological polar surface area (TPSA) is 105 Å². The summed E-state index contributed by atoms with van der Waals surface area (Å²) < 4.78 is 11.4. The Morgan fingerprint density at radius 1 is 1.02 bits per heavy atom. The molecule has 9 heteroatoms. The van der Waals surface area contributed by atoms with Crippen molar-refractivity contribution in [2.45, 2.75) is 91.0 Å². The van der Waals surface area contributed by atoms with Gasteiger partial charge in [0.25, 0.3) is 11.8 Å². The molecule has 0 spiro atoms. The van der Waals surface area contributed by atoms with Gasteiger partial charge in [-0.2, -0.15) is 0 Å². The summed E-state index contributed by atoms with van der Waals surface area (Å²) >= 11 is 0. The molecule has 2 aromatic carbocycles. The predicted octanol–water partition coefficient (Wildman–Crippen LogP) is 5.85. The van der Waals surface area contributed by atoms with Crippen molar-refractivity contribution in [3.63, 3.8) is 0 Å². The number of carbonyl (C=O) groups is 4. The number of hydrogen-bond donors (Lipinski definition) is 1. The monoisotopic (exact) mass is 577 g/mol. The van der Waals surface area contributed by atoms with Crippen molar-refractivity contribution >= 4 is 29.3 Å². The van der Waals surface area contributed by atoms with E-state index in [1.54, 1.807) is 19.1 Å². The summed E-state index contributed by atoms with van der Waals surface area (Å²) in [6.45, 7) is 6.42. The third-order valence-electron chi connectivity index (χ3n) is 8.10. The zero-order valence-corrected chi connectivity index (χ0v) is 25.2. The number of benzene rings is 2. The van der Waals surface area contributed by atoms with Gasteiger partial charge in [-0.25, -0.2) is 9.69 Å². The van der Waals surface area contributed by atoms with Gasteiger partial charge in [0.2, 0.25) is 6.23 Å². The van der Waals surface area contributed by atoms with Crippen molar-refractivity contribution < 1.29 is 28.7 Å². The fraction of sp³-hybridized carbons (Fsp3) is 0.515. The molecular formula is C33H43N3O6. The lowest BCUT2D eigenvalue weighted by Crippen LogP contribution is -2.54. The van der Waals surface area contributed by atoms with Crippen LogP contribution < -0.4 is 10.1 Å². The van der Waals surface area contributed by atoms with Gasteiger partial charge in [-0.1, -0.05) is 82.3 Å². The molecule has 42 heavy (non-hydrogen) atoms. The molecule has 2 fully saturated rings. The number of amides is 4. The molecule has 2 atom stereocenters. The molecule has 1 saturated heterocycles. The minimum atomic E-state index is -1.64. The van der Waals surface area contributed by atoms with E-state index in [-0.39, 0.29) is 6.54 Å². The molecule has 1 N–H and O–H groups in total. The maximum atomic E-state index is 13.9. The SMILES string of the molecule is CCCCCCCCOc1ccc(C)cc1NC(=O)C(C(=O)C1(C)CC1)N1C(=O)C(OC)N(Cc2ccccc2)C1=O. The third-order valence-corrected chi connectivity index (χ3v) is 8.10. The van der Waals surface area contributed by atoms with E-state index in [0.717, 1.165) is 35.3 Å². The van der Waals surface area contributed by atoms with E-state index in [1.807, 2.05) is 43.3 Å². The van der Waals surface area contributed by atoms with Crippen LogP contribution in [0.25, 0.3) is 0 Å². The first-order chi connectivity index (χ1) is 20.2. The number of anilines is 1. The number of hydrogen-bond acceptors (Lipinski definition) is 6. The van der Waals surface area contributed by atoms with Gasteiger partial charge in [0.1, 0.15) is 5.75 Å². The van der Waals surface area contributed by atoms with Crippen LogP contribution in [0.3, 0.4) is 0 Å². The normalized spacial score (nSPS) is 18.2. The Balaban J connectivity index is 1.55. The molecule has 0 aromatic heterocycles. The molecule has 1 aliphatic carbocycles. The molecular weight excluding hydrogens is 534 g/mol. The minimum Gasteiger partial charge on any atom is -0.491 e. The number of methoxy groups -OCH3 is 1. The lowest BCUT2D eigenvalue weighted by Gasteiger charge is -2.27. The number of urea groups is 1. The number of ketones is 1. The van der Waals surface area contributed by atoms with Gasteiger partial charge in [0.15, 0.2) is 11.8 Å². The first kappa shape index (κ1) is 31.2. The van der Waals surface area contributed by atoms with Gasteiger partial charge in [0, 0.05) is 12.5 Å². The summed E-state index contributed by atoms with van der Waals surface area (Å²) in [6.07, 6.45) is 6.65. The van der Waals surface area contributed by atoms with Crippen molar-refractivity contribution in [2.24, 2.45) is 5.41 Å². The van der Waals surface area contributed by atoms with Gasteiger partial charge in [-0.05, 0) is 49.4 Å². The first-order valence-corrected chi connectivity index (χ1v) is 15.0. The summed E-state index contributed by atoms with van der Waals surface area (Å²) in [7, 11) is 1.33. The molecule has 2 aliphatic rings. The smallest absolute Gasteiger partial charge is 0.330 e. The fourth-order valence-corrected chi connectivity index (χ4v) is 5.23. The molecule has 4 amide bonds. The molecule has 226 valence electrons. The van der Waals surface area contributed by atoms with Gasteiger partial charge >= 0.3 is 6.03 Å². The second kappa shape index (κ2) is 14.0. The Bertz CT molecular complexity index is 1280. The average Bonchev–Trinajstić information content (AvgIpc) is 3.69. The summed E-state index contributed by atoms with van der Waals surface area (Å²) in [5, 5.41) is 2.83. The maximum Gasteiger partial charge on any atom is 0.330 e. The van der Waals surface area contributed by atoms with Crippen LogP contribution in [0.5, 0.6) is 5.75 Å². The van der Waals surface area contributed by atoms with Crippen LogP contribution in [0.1, 0.15) is 76.3 Å². The first-order valence-electron chi connectivity index (χ1n) is 15.0. The Morgan fingerprint density at radius 2 is 1.71 bits per heavy atom. The fourth-order valence-electron chi connectivity index (χ4n) is 5.23. The van der Waals surface area contributed by atoms with Gasteiger partial charge < -0.3 is 14.8 Å². The van der Waals surface area contributed by atoms with Crippen LogP contribution in [0, 0.1) is 12.3 Å². The second-order valence-electron chi connectivity index (χ2n) is 11.6. The van der Waals surface area contributed by atoms with Crippen LogP contribution >= 0.6 is 0 Å². The summed E-state index contributed by atoms with van der Waals surface area (Å²) in [6, 6.07) is 12.2. The van der Waals surface area contributed by atoms with E-state index in [1.165, 1.54) is 31.3 Å². The Morgan fingerprint density at radius 3 is 2.38 bits per heavy atom. The van der Waals surface area contributed by atoms with Gasteiger partial charge in [0.05, 0.1) is 18.8 Å². The van der Waals surface area contributed by atoms with E-state index in [4.69, 9.17) is 9.47 Å². The highest BCUT2D eigenvalue weighted by atomic mass is 16.5. The highest BCUT2D eigenvalue weighted by Gasteiger charge is 2.57. The lowest BCUT2D eigenvalue weighted by molar-refractivity contribution is -0.147. The maximum absolute atomic E-state index is 13.9. The van der Waals surface area contributed by atoms with Crippen LogP contribution in [-0.4, -0.2) is 59.4 Å². The highest BCUT2D eigenvalue weighted by molar-refractivity contribution is 6.19. The summed E-state index contributed by atoms with van der Waals surface area (Å²) in [5.41, 5.74) is 1.29. The lowest BCUT2D eigenvalue weighted by atomic mass is 9.95. The summed E-state index contributed by atoms with van der Waals surface area (Å²) in [5.74, 6) is -1.47. The third kappa shape index (κ3) is 7.18. The van der Waals surface area contributed by atoms with Gasteiger partial charge in [-0.15, -0.1) is 0 Å². The number of imide groups is 1. The van der Waals surface area contributed by atoms with E-state index < -0.39 is 41.3 Å². The highest BCUT2D eigenvalue weighted by Crippen LogP contribution is 2.47. The van der Waals surface area contributed by atoms with Crippen LogP contribution in [0.15, 0.2) is 48.5 Å². The van der Waals surface area contributed by atoms with Crippen molar-refractivity contribution in [1.29, 1.82) is 0 Å². The van der Waals surface area contributed by atoms with Crippen molar-refractivity contribution in [3.05, 3.63) is 59.7 Å². The van der Waals surface area contributed by atoms with E-state index >= 15 is 0 Å². The van der Waals surface area contributed by atoms with Gasteiger partial charge in [-0.3, -0.25) is 19.3 Å². The van der Waals surface area contributed by atoms with Crippen LogP contribution in [0.2, 0.25) is 0 Å². The molecule has 4 rings (SSSR count). The number of nitrogens with zero attached hydrogens (tertiary/aromatic N) is 2. The standard InChI is InChI=1S/C33H43N3O6/c1-5-6-7-8-9-13-20-42-26-17-16-23(2)21-25(26)34-29(38)27(28(37)33(3)18-19-33)36-30(39)31(41-4)35(32(36)40)22-24-14-11-10-12-15-24/h10-12,14-17,21,27,31H,5-9,13,18-20,22H2,1-4H3,(H,34,38). The number of rotatable bonds is 16. The number of unbranched alkanes of at least 4 members (excludes halogenated alkanes) is 5. The number of ether oxygens (including phenoxy) is 2. The molecule has 0 bridgehead atoms. The Hall–Kier alpha value is -3.72. The van der Waals surface area contributed by atoms with Crippen molar-refractivity contribution in [3.8, 4) is 5.75 Å². The minimum absolute atomic E-state index is 0.0918. The largest absolute Gasteiger partial charge is 0.491 e. The van der Waals surface area contributed by atoms with E-state index in [2.05, 4.69) is 12.2 Å². The molecule has 1 heterocycles. The molecule has 0 radical (unpaired) electrons. The van der Waals surface area contributed by atoms with E-state index in [9.17, 15) is 19.2 Å². The molecule has 9 nitrogen and oxygen atoms in total. The number of carbonyl (C=O) groups excluding carboxylic acids is 4. The van der Waals surface area contributed by atoms with Crippen molar-refractivity contribution in [1.82, 2.24) is 9.80 Å². The molecule has 2 unspecified atom stereocenters. The quantitative estimate of drug-likeness (QED) is 0.153. The zero-order chi connectivity index (χ0) is 30.3. The Kier molecular flexibility index (Phi) is 10.4. The van der Waals surface area contributed by atoms with Crippen LogP contribution in [-0.2, 0) is 25.7 Å². The predicted molar refractivity (Wildman–Crippen MR) is 160 cm³/mol. The average molecular weight is 578 g/mol. The van der Waals surface area contributed by atoms with Crippen molar-refractivity contribution in [2.75, 3.05) is 19.0 Å². The van der Waals surface area contributed by atoms with Crippen LogP contribution in [0.4, 0.5) is 10.5 Å². The zero-order valence-electron chi connectivity index (χ0n) is 25.2. The Labute approximate surface area is 248 Å². The number of aryl methyl sites for hydroxylation is 1. The molecule has 1 aliphatic heterocycles. The molecule has 2 aromatic rings. The number of nitrogens with one attached hydrogen (secondary N) is 1. The summed E-state index contributed by atoms with van der Waals surface area (Å²) in [4.78, 5) is 57.0. The van der Waals surface area contributed by atoms with E-state index in [0.29, 0.717) is 30.9 Å².